The molecule has 0 aromatic carbocycles. The van der Waals surface area contributed by atoms with Gasteiger partial charge >= 0.3 is 0 Å². The molecule has 0 unspecified atom stereocenters. The minimum absolute atomic E-state index is 0.172. The molecule has 0 aromatic rings. The molecule has 110 valence electrons. The van der Waals surface area contributed by atoms with Gasteiger partial charge in [-0.2, -0.15) is 0 Å². The number of rotatable bonds is 5. The molecule has 4 nitrogen and oxygen atoms in total. The summed E-state index contributed by atoms with van der Waals surface area (Å²) < 4.78 is 5.30. The van der Waals surface area contributed by atoms with E-state index in [1.165, 1.54) is 6.42 Å². The fraction of sp³-hybridized carbons (Fsp3) is 0.933. The van der Waals surface area contributed by atoms with Crippen LogP contribution in [0, 0.1) is 5.41 Å². The molecule has 1 aliphatic heterocycles. The first-order valence-electron chi connectivity index (χ1n) is 7.53. The van der Waals surface area contributed by atoms with E-state index in [0.717, 1.165) is 38.5 Å². The van der Waals surface area contributed by atoms with Crippen molar-refractivity contribution in [3.05, 3.63) is 0 Å². The second-order valence-electron chi connectivity index (χ2n) is 6.55. The smallest absolute Gasteiger partial charge is 0.127 e. The number of aliphatic hydroxyl groups is 1. The van der Waals surface area contributed by atoms with Crippen molar-refractivity contribution in [3.8, 4) is 0 Å². The first kappa shape index (κ1) is 14.9. The van der Waals surface area contributed by atoms with E-state index in [9.17, 15) is 9.90 Å². The van der Waals surface area contributed by atoms with Gasteiger partial charge in [-0.3, -0.25) is 0 Å². The zero-order chi connectivity index (χ0) is 13.8. The summed E-state index contributed by atoms with van der Waals surface area (Å²) in [6.07, 6.45) is 8.13. The number of hydrogen-bond acceptors (Lipinski definition) is 4. The molecule has 0 spiro atoms. The monoisotopic (exact) mass is 269 g/mol. The van der Waals surface area contributed by atoms with Crippen LogP contribution >= 0.6 is 0 Å². The van der Waals surface area contributed by atoms with E-state index in [2.05, 4.69) is 4.90 Å². The van der Waals surface area contributed by atoms with Gasteiger partial charge in [0, 0.05) is 44.6 Å². The van der Waals surface area contributed by atoms with Crippen LogP contribution in [0.2, 0.25) is 0 Å². The minimum Gasteiger partial charge on any atom is -0.388 e. The second kappa shape index (κ2) is 6.33. The summed E-state index contributed by atoms with van der Waals surface area (Å²) in [6, 6.07) is 0. The van der Waals surface area contributed by atoms with Gasteiger partial charge in [0.1, 0.15) is 6.29 Å². The van der Waals surface area contributed by atoms with Gasteiger partial charge in [-0.05, 0) is 19.9 Å². The van der Waals surface area contributed by atoms with Gasteiger partial charge in [0.2, 0.25) is 0 Å². The van der Waals surface area contributed by atoms with Crippen LogP contribution in [0.4, 0.5) is 0 Å². The molecule has 1 saturated heterocycles. The summed E-state index contributed by atoms with van der Waals surface area (Å²) in [5.41, 5.74) is -0.805. The Labute approximate surface area is 116 Å². The molecule has 1 aliphatic carbocycles. The van der Waals surface area contributed by atoms with Crippen LogP contribution in [0.15, 0.2) is 0 Å². The Morgan fingerprint density at radius 1 is 1.11 bits per heavy atom. The summed E-state index contributed by atoms with van der Waals surface area (Å²) in [6.45, 7) is 2.71. The maximum atomic E-state index is 11.5. The first-order valence-corrected chi connectivity index (χ1v) is 7.53. The van der Waals surface area contributed by atoms with Crippen molar-refractivity contribution >= 4 is 6.29 Å². The summed E-state index contributed by atoms with van der Waals surface area (Å²) in [5, 5.41) is 10.5. The Kier molecular flexibility index (Phi) is 4.98. The molecule has 2 rings (SSSR count). The Bertz CT molecular complexity index is 294. The molecule has 0 atom stereocenters. The van der Waals surface area contributed by atoms with Crippen molar-refractivity contribution in [2.45, 2.75) is 50.5 Å². The fourth-order valence-electron chi connectivity index (χ4n) is 3.57. The third-order valence-electron chi connectivity index (χ3n) is 4.67. The van der Waals surface area contributed by atoms with E-state index in [1.54, 1.807) is 0 Å². The van der Waals surface area contributed by atoms with Crippen molar-refractivity contribution in [2.75, 3.05) is 33.4 Å². The van der Waals surface area contributed by atoms with Gasteiger partial charge in [0.05, 0.1) is 5.60 Å². The van der Waals surface area contributed by atoms with Crippen LogP contribution in [0.25, 0.3) is 0 Å². The molecule has 19 heavy (non-hydrogen) atoms. The fourth-order valence-corrected chi connectivity index (χ4v) is 3.57. The van der Waals surface area contributed by atoms with Crippen molar-refractivity contribution in [3.63, 3.8) is 0 Å². The minimum atomic E-state index is -0.633. The standard InChI is InChI=1S/C15H27NO3/c1-16(12-15(18)7-9-19-10-8-15)11-14(13-17)5-3-2-4-6-14/h13,18H,2-12H2,1H3. The van der Waals surface area contributed by atoms with Gasteiger partial charge in [-0.1, -0.05) is 19.3 Å². The number of carbonyl (C=O) groups excluding carboxylic acids is 1. The number of nitrogens with zero attached hydrogens (tertiary/aromatic N) is 1. The van der Waals surface area contributed by atoms with E-state index >= 15 is 0 Å². The van der Waals surface area contributed by atoms with E-state index in [-0.39, 0.29) is 5.41 Å². The zero-order valence-corrected chi connectivity index (χ0v) is 12.1. The van der Waals surface area contributed by atoms with Crippen molar-refractivity contribution in [2.24, 2.45) is 5.41 Å². The predicted octanol–water partition coefficient (Wildman–Crippen LogP) is 1.61. The number of aldehydes is 1. The van der Waals surface area contributed by atoms with E-state index in [4.69, 9.17) is 4.74 Å². The molecule has 1 N–H and O–H groups in total. The third-order valence-corrected chi connectivity index (χ3v) is 4.67. The van der Waals surface area contributed by atoms with Crippen LogP contribution in [0.5, 0.6) is 0 Å². The quantitative estimate of drug-likeness (QED) is 0.770. The number of ether oxygens (including phenoxy) is 1. The van der Waals surface area contributed by atoms with Crippen molar-refractivity contribution in [1.29, 1.82) is 0 Å². The lowest BCUT2D eigenvalue weighted by Crippen LogP contribution is -2.49. The molecule has 2 aliphatic rings. The first-order chi connectivity index (χ1) is 9.08. The maximum absolute atomic E-state index is 11.5. The summed E-state index contributed by atoms with van der Waals surface area (Å²) in [7, 11) is 2.02. The van der Waals surface area contributed by atoms with Gasteiger partial charge in [0.15, 0.2) is 0 Å². The highest BCUT2D eigenvalue weighted by Gasteiger charge is 2.36. The highest BCUT2D eigenvalue weighted by molar-refractivity contribution is 5.60. The summed E-state index contributed by atoms with van der Waals surface area (Å²) in [5.74, 6) is 0. The van der Waals surface area contributed by atoms with Crippen molar-refractivity contribution in [1.82, 2.24) is 4.90 Å². The Hall–Kier alpha value is -0.450. The number of carbonyl (C=O) groups is 1. The predicted molar refractivity (Wildman–Crippen MR) is 74.1 cm³/mol. The lowest BCUT2D eigenvalue weighted by molar-refractivity contribution is -0.120. The number of hydrogen-bond donors (Lipinski definition) is 1. The van der Waals surface area contributed by atoms with Gasteiger partial charge < -0.3 is 19.5 Å². The topological polar surface area (TPSA) is 49.8 Å². The largest absolute Gasteiger partial charge is 0.388 e. The lowest BCUT2D eigenvalue weighted by atomic mass is 9.74. The Morgan fingerprint density at radius 3 is 2.32 bits per heavy atom. The lowest BCUT2D eigenvalue weighted by Gasteiger charge is -2.40. The van der Waals surface area contributed by atoms with E-state index < -0.39 is 5.60 Å². The Morgan fingerprint density at radius 2 is 1.74 bits per heavy atom. The second-order valence-corrected chi connectivity index (χ2v) is 6.55. The average Bonchev–Trinajstić information content (AvgIpc) is 2.39. The third kappa shape index (κ3) is 4.01. The average molecular weight is 269 g/mol. The number of likely N-dealkylation sites (N-methyl/N-ethyl adjacent to an activating group) is 1. The van der Waals surface area contributed by atoms with Crippen LogP contribution in [-0.2, 0) is 9.53 Å². The molecule has 1 saturated carbocycles. The summed E-state index contributed by atoms with van der Waals surface area (Å²) in [4.78, 5) is 13.6. The molecule has 0 bridgehead atoms. The van der Waals surface area contributed by atoms with Gasteiger partial charge in [0.25, 0.3) is 0 Å². The van der Waals surface area contributed by atoms with E-state index in [1.807, 2.05) is 7.05 Å². The highest BCUT2D eigenvalue weighted by Crippen LogP contribution is 2.35. The molecule has 4 heteroatoms. The molecule has 0 aromatic heterocycles. The normalized spacial score (nSPS) is 26.3. The summed E-state index contributed by atoms with van der Waals surface area (Å²) >= 11 is 0. The van der Waals surface area contributed by atoms with Crippen LogP contribution < -0.4 is 0 Å². The molecular weight excluding hydrogens is 242 g/mol. The molecular formula is C15H27NO3. The molecule has 0 amide bonds. The molecule has 0 radical (unpaired) electrons. The highest BCUT2D eigenvalue weighted by atomic mass is 16.5. The van der Waals surface area contributed by atoms with Crippen LogP contribution in [-0.4, -0.2) is 55.2 Å². The van der Waals surface area contributed by atoms with Crippen molar-refractivity contribution < 1.29 is 14.6 Å². The maximum Gasteiger partial charge on any atom is 0.127 e. The van der Waals surface area contributed by atoms with Gasteiger partial charge in [-0.25, -0.2) is 0 Å². The molecule has 2 fully saturated rings. The molecule has 1 heterocycles. The van der Waals surface area contributed by atoms with Crippen LogP contribution in [0.3, 0.4) is 0 Å². The Balaban J connectivity index is 1.88. The van der Waals surface area contributed by atoms with E-state index in [0.29, 0.717) is 32.6 Å². The SMILES string of the molecule is CN(CC1(O)CCOCC1)CC1(C=O)CCCCC1. The van der Waals surface area contributed by atoms with Gasteiger partial charge in [-0.15, -0.1) is 0 Å². The zero-order valence-electron chi connectivity index (χ0n) is 12.1. The van der Waals surface area contributed by atoms with Crippen LogP contribution in [0.1, 0.15) is 44.9 Å².